The molecule has 0 bridgehead atoms. The molecule has 3 heterocycles. The Balaban J connectivity index is 1.69. The minimum Gasteiger partial charge on any atom is -0.394 e. The van der Waals surface area contributed by atoms with Crippen LogP contribution in [0.4, 0.5) is 9.80 Å². The number of hydrogen-bond donors (Lipinski definition) is 2. The van der Waals surface area contributed by atoms with Crippen LogP contribution in [-0.2, 0) is 19.9 Å². The van der Waals surface area contributed by atoms with E-state index in [0.29, 0.717) is 17.8 Å². The molecule has 0 aliphatic carbocycles. The fourth-order valence-corrected chi connectivity index (χ4v) is 8.54. The molecule has 2 fully saturated rings. The van der Waals surface area contributed by atoms with Gasteiger partial charge in [0.25, 0.3) is 5.91 Å². The fourth-order valence-electron chi connectivity index (χ4n) is 5.68. The van der Waals surface area contributed by atoms with E-state index in [1.54, 1.807) is 18.0 Å². The van der Waals surface area contributed by atoms with Crippen LogP contribution in [0.25, 0.3) is 0 Å². The molecule has 164 valence electrons. The first-order chi connectivity index (χ1) is 14.1. The van der Waals surface area contributed by atoms with Gasteiger partial charge in [0.05, 0.1) is 25.2 Å². The number of carbonyl (C=O) groups is 2. The van der Waals surface area contributed by atoms with Crippen LogP contribution in [0.15, 0.2) is 22.7 Å². The number of benzene rings is 1. The average Bonchev–Trinajstić information content (AvgIpc) is 3.32. The third kappa shape index (κ3) is 3.34. The molecule has 0 saturated carbocycles. The highest BCUT2D eigenvalue weighted by Crippen LogP contribution is 2.59. The molecule has 1 aromatic carbocycles. The van der Waals surface area contributed by atoms with Crippen molar-refractivity contribution in [1.29, 1.82) is 0 Å². The van der Waals surface area contributed by atoms with Crippen LogP contribution in [-0.4, -0.2) is 55.5 Å². The van der Waals surface area contributed by atoms with E-state index in [-0.39, 0.29) is 30.9 Å². The van der Waals surface area contributed by atoms with E-state index in [1.165, 1.54) is 0 Å². The van der Waals surface area contributed by atoms with Crippen LogP contribution in [0.2, 0.25) is 18.6 Å². The summed E-state index contributed by atoms with van der Waals surface area (Å²) < 4.78 is 22.8. The zero-order valence-corrected chi connectivity index (χ0v) is 20.0. The van der Waals surface area contributed by atoms with E-state index in [2.05, 4.69) is 21.2 Å². The predicted molar refractivity (Wildman–Crippen MR) is 117 cm³/mol. The van der Waals surface area contributed by atoms with Crippen molar-refractivity contribution in [3.05, 3.63) is 28.2 Å². The van der Waals surface area contributed by atoms with Crippen molar-refractivity contribution < 1.29 is 23.5 Å². The Bertz CT molecular complexity index is 879. The van der Waals surface area contributed by atoms with E-state index < -0.39 is 31.6 Å². The zero-order chi connectivity index (χ0) is 21.8. The van der Waals surface area contributed by atoms with Crippen LogP contribution in [0.3, 0.4) is 0 Å². The number of ether oxygens (including phenoxy) is 1. The third-order valence-electron chi connectivity index (χ3n) is 6.96. The number of rotatable bonds is 4. The molecule has 6 nitrogen and oxygen atoms in total. The van der Waals surface area contributed by atoms with Gasteiger partial charge in [-0.15, -0.1) is 0 Å². The Morgan fingerprint density at radius 1 is 1.47 bits per heavy atom. The summed E-state index contributed by atoms with van der Waals surface area (Å²) >= 11 is 3.46. The van der Waals surface area contributed by atoms with Crippen molar-refractivity contribution in [1.82, 2.24) is 4.90 Å². The lowest BCUT2D eigenvalue weighted by Crippen LogP contribution is -2.42. The van der Waals surface area contributed by atoms with Crippen molar-refractivity contribution in [2.75, 3.05) is 18.5 Å². The van der Waals surface area contributed by atoms with Crippen molar-refractivity contribution in [3.63, 3.8) is 0 Å². The number of amides is 2. The molecular formula is C21H28BrFN2O4Si. The van der Waals surface area contributed by atoms with Gasteiger partial charge in [-0.2, -0.15) is 0 Å². The molecule has 5 atom stereocenters. The normalized spacial score (nSPS) is 33.3. The molecule has 0 unspecified atom stereocenters. The molecule has 1 aromatic rings. The second kappa shape index (κ2) is 7.69. The molecule has 4 rings (SSSR count). The molecule has 9 heteroatoms. The van der Waals surface area contributed by atoms with Gasteiger partial charge in [-0.05, 0) is 44.1 Å². The topological polar surface area (TPSA) is 78.9 Å². The largest absolute Gasteiger partial charge is 0.394 e. The molecule has 2 N–H and O–H groups in total. The molecule has 0 aromatic heterocycles. The number of carbonyl (C=O) groups excluding carboxylic acids is 2. The maximum Gasteiger partial charge on any atom is 0.261 e. The fraction of sp³-hybridized carbons (Fsp3) is 0.619. The molecule has 30 heavy (non-hydrogen) atoms. The lowest BCUT2D eigenvalue weighted by atomic mass is 9.82. The van der Waals surface area contributed by atoms with E-state index >= 15 is 4.11 Å². The SMILES string of the molecule is C[C@H]1[C@H]([Si](C)(C)F)[C@@H](CC(=O)N2CCC[C@H]2CO)O[C@]12C(=O)Nc1ccc(Br)cc12. The summed E-state index contributed by atoms with van der Waals surface area (Å²) in [6.07, 6.45) is 0.948. The number of fused-ring (bicyclic) bond motifs is 2. The molecule has 2 saturated heterocycles. The van der Waals surface area contributed by atoms with Crippen molar-refractivity contribution in [3.8, 4) is 0 Å². The van der Waals surface area contributed by atoms with Gasteiger partial charge in [0.2, 0.25) is 14.3 Å². The number of nitrogens with zero attached hydrogens (tertiary/aromatic N) is 1. The first kappa shape index (κ1) is 21.9. The number of aliphatic hydroxyl groups is 1. The number of likely N-dealkylation sites (tertiary alicyclic amines) is 1. The second-order valence-electron chi connectivity index (χ2n) is 9.18. The standard InChI is InChI=1S/C21H28BrFN2O4Si/c1-12-19(30(2,3)23)17(10-18(27)25-8-4-5-14(25)11-26)29-21(12)15-9-13(22)6-7-16(15)24-20(21)28/h6-7,9,12,14,17,19,26H,4-5,8,10-11H2,1-3H3,(H,24,28)/t12-,14-,17+,19-,21+/m0/s1. The number of aliphatic hydroxyl groups excluding tert-OH is 1. The summed E-state index contributed by atoms with van der Waals surface area (Å²) in [7, 11) is -3.28. The minimum atomic E-state index is -3.28. The van der Waals surface area contributed by atoms with Gasteiger partial charge < -0.3 is 24.2 Å². The van der Waals surface area contributed by atoms with Gasteiger partial charge in [0, 0.05) is 33.7 Å². The monoisotopic (exact) mass is 498 g/mol. The highest BCUT2D eigenvalue weighted by Gasteiger charge is 2.65. The lowest BCUT2D eigenvalue weighted by molar-refractivity contribution is -0.148. The van der Waals surface area contributed by atoms with Gasteiger partial charge in [0.15, 0.2) is 5.60 Å². The number of nitrogens with one attached hydrogen (secondary N) is 1. The first-order valence-corrected chi connectivity index (χ1v) is 14.2. The summed E-state index contributed by atoms with van der Waals surface area (Å²) in [6, 6.07) is 5.31. The minimum absolute atomic E-state index is 0.0181. The zero-order valence-electron chi connectivity index (χ0n) is 17.5. The smallest absolute Gasteiger partial charge is 0.261 e. The van der Waals surface area contributed by atoms with E-state index in [9.17, 15) is 14.7 Å². The van der Waals surface area contributed by atoms with Crippen LogP contribution in [0, 0.1) is 5.92 Å². The highest BCUT2D eigenvalue weighted by molar-refractivity contribution is 9.10. The van der Waals surface area contributed by atoms with E-state index in [1.807, 2.05) is 25.1 Å². The Kier molecular flexibility index (Phi) is 5.62. The molecule has 1 spiro atoms. The van der Waals surface area contributed by atoms with Crippen LogP contribution in [0.5, 0.6) is 0 Å². The molecule has 3 aliphatic rings. The quantitative estimate of drug-likeness (QED) is 0.491. The Morgan fingerprint density at radius 3 is 2.87 bits per heavy atom. The lowest BCUT2D eigenvalue weighted by Gasteiger charge is -2.31. The molecule has 2 amide bonds. The summed E-state index contributed by atoms with van der Waals surface area (Å²) in [5.41, 5.74) is -0.444. The Morgan fingerprint density at radius 2 is 2.20 bits per heavy atom. The number of hydrogen-bond acceptors (Lipinski definition) is 4. The second-order valence-corrected chi connectivity index (χ2v) is 13.9. The first-order valence-electron chi connectivity index (χ1n) is 10.5. The molecule has 0 radical (unpaired) electrons. The Hall–Kier alpha value is -1.29. The summed E-state index contributed by atoms with van der Waals surface area (Å²) in [6.45, 7) is 5.62. The van der Waals surface area contributed by atoms with Crippen molar-refractivity contribution in [2.45, 2.75) is 62.6 Å². The number of anilines is 1. The third-order valence-corrected chi connectivity index (χ3v) is 9.91. The van der Waals surface area contributed by atoms with Gasteiger partial charge in [0.1, 0.15) is 0 Å². The number of halogens is 2. The van der Waals surface area contributed by atoms with Gasteiger partial charge >= 0.3 is 0 Å². The summed E-state index contributed by atoms with van der Waals surface area (Å²) in [4.78, 5) is 27.9. The maximum atomic E-state index is 15.5. The van der Waals surface area contributed by atoms with Gasteiger partial charge in [-0.1, -0.05) is 22.9 Å². The van der Waals surface area contributed by atoms with Crippen molar-refractivity contribution in [2.24, 2.45) is 5.92 Å². The maximum absolute atomic E-state index is 15.5. The van der Waals surface area contributed by atoms with Crippen LogP contribution in [0.1, 0.15) is 31.7 Å². The Labute approximate surface area is 185 Å². The van der Waals surface area contributed by atoms with Gasteiger partial charge in [-0.3, -0.25) is 9.59 Å². The molecular weight excluding hydrogens is 471 g/mol. The van der Waals surface area contributed by atoms with E-state index in [0.717, 1.165) is 17.3 Å². The molecule has 3 aliphatic heterocycles. The highest BCUT2D eigenvalue weighted by atomic mass is 79.9. The van der Waals surface area contributed by atoms with Crippen molar-refractivity contribution >= 4 is 41.8 Å². The summed E-state index contributed by atoms with van der Waals surface area (Å²) in [5, 5.41) is 12.5. The van der Waals surface area contributed by atoms with Crippen LogP contribution < -0.4 is 5.32 Å². The van der Waals surface area contributed by atoms with Crippen LogP contribution >= 0.6 is 15.9 Å². The summed E-state index contributed by atoms with van der Waals surface area (Å²) in [5.74, 6) is -0.850. The van der Waals surface area contributed by atoms with Gasteiger partial charge in [-0.25, -0.2) is 0 Å². The average molecular weight is 499 g/mol. The predicted octanol–water partition coefficient (Wildman–Crippen LogP) is 3.55. The van der Waals surface area contributed by atoms with E-state index in [4.69, 9.17) is 4.74 Å².